The van der Waals surface area contributed by atoms with Crippen LogP contribution in [-0.4, -0.2) is 29.6 Å². The Balaban J connectivity index is 1.59. The second-order valence-corrected chi connectivity index (χ2v) is 6.13. The number of carboxylic acid groups (broad SMARTS) is 1. The number of ether oxygens (including phenoxy) is 1. The van der Waals surface area contributed by atoms with Crippen molar-refractivity contribution in [2.45, 2.75) is 44.6 Å². The maximum absolute atomic E-state index is 12.3. The molecule has 2 N–H and O–H groups in total. The lowest BCUT2D eigenvalue weighted by Gasteiger charge is -2.27. The van der Waals surface area contributed by atoms with Gasteiger partial charge in [0.05, 0.1) is 12.5 Å². The molecule has 0 atom stereocenters. The van der Waals surface area contributed by atoms with E-state index >= 15 is 0 Å². The van der Waals surface area contributed by atoms with E-state index in [2.05, 4.69) is 5.32 Å². The number of carbonyl (C=O) groups is 2. The quantitative estimate of drug-likeness (QED) is 0.899. The minimum absolute atomic E-state index is 0.0767. The molecule has 1 aromatic carbocycles. The molecule has 1 aliphatic carbocycles. The molecule has 5 heteroatoms. The van der Waals surface area contributed by atoms with Gasteiger partial charge in [0.1, 0.15) is 5.75 Å². The molecule has 0 saturated heterocycles. The van der Waals surface area contributed by atoms with E-state index in [0.29, 0.717) is 18.4 Å². The fourth-order valence-corrected chi connectivity index (χ4v) is 3.26. The summed E-state index contributed by atoms with van der Waals surface area (Å²) >= 11 is 0. The summed E-state index contributed by atoms with van der Waals surface area (Å²) in [6.07, 6.45) is 4.67. The molecule has 0 unspecified atom stereocenters. The van der Waals surface area contributed by atoms with Crippen molar-refractivity contribution < 1.29 is 19.4 Å². The molecule has 1 aliphatic heterocycles. The summed E-state index contributed by atoms with van der Waals surface area (Å²) < 4.78 is 5.56. The molecule has 2 aliphatic rings. The van der Waals surface area contributed by atoms with Crippen LogP contribution in [0.1, 0.15) is 48.0 Å². The van der Waals surface area contributed by atoms with Crippen LogP contribution >= 0.6 is 0 Å². The van der Waals surface area contributed by atoms with Gasteiger partial charge in [0.25, 0.3) is 5.91 Å². The number of aliphatic carboxylic acids is 1. The first kappa shape index (κ1) is 14.9. The van der Waals surface area contributed by atoms with Gasteiger partial charge in [-0.3, -0.25) is 9.59 Å². The summed E-state index contributed by atoms with van der Waals surface area (Å²) in [7, 11) is 0. The molecule has 5 nitrogen and oxygen atoms in total. The highest BCUT2D eigenvalue weighted by molar-refractivity contribution is 5.94. The molecule has 0 bridgehead atoms. The van der Waals surface area contributed by atoms with Crippen LogP contribution in [0.15, 0.2) is 18.2 Å². The van der Waals surface area contributed by atoms with Crippen molar-refractivity contribution in [2.75, 3.05) is 6.61 Å². The Kier molecular flexibility index (Phi) is 4.32. The standard InChI is InChI=1S/C17H21NO4/c19-16(18-14-6-3-11(4-7-14)17(20)21)13-5-8-15-12(10-13)2-1-9-22-15/h5,8,10-11,14H,1-4,6-7,9H2,(H,18,19)(H,20,21). The Bertz CT molecular complexity index is 576. The first-order valence-electron chi connectivity index (χ1n) is 7.93. The summed E-state index contributed by atoms with van der Waals surface area (Å²) in [5.74, 6) is -0.176. The fraction of sp³-hybridized carbons (Fsp3) is 0.529. The molecule has 1 aromatic rings. The average Bonchev–Trinajstić information content (AvgIpc) is 2.55. The second kappa shape index (κ2) is 6.38. The summed E-state index contributed by atoms with van der Waals surface area (Å²) in [5, 5.41) is 12.0. The molecule has 0 radical (unpaired) electrons. The summed E-state index contributed by atoms with van der Waals surface area (Å²) in [6, 6.07) is 5.65. The third-order valence-electron chi connectivity index (χ3n) is 4.58. The van der Waals surface area contributed by atoms with Gasteiger partial charge in [0.15, 0.2) is 0 Å². The van der Waals surface area contributed by atoms with Gasteiger partial charge in [-0.05, 0) is 62.3 Å². The molecule has 0 spiro atoms. The number of carbonyl (C=O) groups excluding carboxylic acids is 1. The van der Waals surface area contributed by atoms with E-state index in [-0.39, 0.29) is 17.9 Å². The first-order chi connectivity index (χ1) is 10.6. The van der Waals surface area contributed by atoms with Crippen molar-refractivity contribution in [2.24, 2.45) is 5.92 Å². The van der Waals surface area contributed by atoms with Crippen LogP contribution in [0.2, 0.25) is 0 Å². The molecule has 3 rings (SSSR count). The summed E-state index contributed by atoms with van der Waals surface area (Å²) in [5.41, 5.74) is 1.75. The Labute approximate surface area is 129 Å². The zero-order chi connectivity index (χ0) is 15.5. The maximum atomic E-state index is 12.3. The van der Waals surface area contributed by atoms with Gasteiger partial charge in [0.2, 0.25) is 0 Å². The zero-order valence-corrected chi connectivity index (χ0v) is 12.5. The van der Waals surface area contributed by atoms with E-state index in [1.807, 2.05) is 12.1 Å². The van der Waals surface area contributed by atoms with Crippen LogP contribution in [0.25, 0.3) is 0 Å². The fourth-order valence-electron chi connectivity index (χ4n) is 3.26. The molecular formula is C17H21NO4. The normalized spacial score (nSPS) is 24.0. The molecule has 22 heavy (non-hydrogen) atoms. The van der Waals surface area contributed by atoms with Crippen molar-refractivity contribution in [1.82, 2.24) is 5.32 Å². The highest BCUT2D eigenvalue weighted by Gasteiger charge is 2.27. The van der Waals surface area contributed by atoms with Gasteiger partial charge >= 0.3 is 5.97 Å². The van der Waals surface area contributed by atoms with Gasteiger partial charge in [-0.1, -0.05) is 0 Å². The van der Waals surface area contributed by atoms with Crippen LogP contribution in [0.5, 0.6) is 5.75 Å². The first-order valence-corrected chi connectivity index (χ1v) is 7.93. The number of benzene rings is 1. The number of aryl methyl sites for hydroxylation is 1. The van der Waals surface area contributed by atoms with Gasteiger partial charge < -0.3 is 15.2 Å². The van der Waals surface area contributed by atoms with Gasteiger partial charge in [-0.25, -0.2) is 0 Å². The van der Waals surface area contributed by atoms with Gasteiger partial charge in [-0.15, -0.1) is 0 Å². The van der Waals surface area contributed by atoms with Crippen molar-refractivity contribution in [3.05, 3.63) is 29.3 Å². The topological polar surface area (TPSA) is 75.6 Å². The summed E-state index contributed by atoms with van der Waals surface area (Å²) in [4.78, 5) is 23.3. The van der Waals surface area contributed by atoms with Crippen LogP contribution in [0.4, 0.5) is 0 Å². The molecular weight excluding hydrogens is 282 g/mol. The molecule has 1 saturated carbocycles. The highest BCUT2D eigenvalue weighted by Crippen LogP contribution is 2.27. The molecule has 1 fully saturated rings. The predicted molar refractivity (Wildman–Crippen MR) is 81.1 cm³/mol. The van der Waals surface area contributed by atoms with Gasteiger partial charge in [0, 0.05) is 11.6 Å². The number of rotatable bonds is 3. The number of nitrogens with one attached hydrogen (secondary N) is 1. The van der Waals surface area contributed by atoms with Crippen molar-refractivity contribution in [3.8, 4) is 5.75 Å². The second-order valence-electron chi connectivity index (χ2n) is 6.13. The van der Waals surface area contributed by atoms with E-state index < -0.39 is 5.97 Å². The van der Waals surface area contributed by atoms with Crippen LogP contribution in [-0.2, 0) is 11.2 Å². The maximum Gasteiger partial charge on any atom is 0.306 e. The zero-order valence-electron chi connectivity index (χ0n) is 12.5. The van der Waals surface area contributed by atoms with E-state index in [0.717, 1.165) is 43.6 Å². The van der Waals surface area contributed by atoms with E-state index in [9.17, 15) is 9.59 Å². The number of fused-ring (bicyclic) bond motifs is 1. The SMILES string of the molecule is O=C(NC1CCC(C(=O)O)CC1)c1ccc2c(c1)CCCO2. The summed E-state index contributed by atoms with van der Waals surface area (Å²) in [6.45, 7) is 0.741. The average molecular weight is 303 g/mol. The van der Waals surface area contributed by atoms with E-state index in [4.69, 9.17) is 9.84 Å². The Morgan fingerprint density at radius 1 is 1.18 bits per heavy atom. The van der Waals surface area contributed by atoms with Crippen LogP contribution in [0, 0.1) is 5.92 Å². The minimum atomic E-state index is -0.723. The lowest BCUT2D eigenvalue weighted by Crippen LogP contribution is -2.38. The number of amides is 1. The van der Waals surface area contributed by atoms with Crippen molar-refractivity contribution in [3.63, 3.8) is 0 Å². The molecule has 1 amide bonds. The van der Waals surface area contributed by atoms with Crippen molar-refractivity contribution in [1.29, 1.82) is 0 Å². The molecule has 1 heterocycles. The molecule has 0 aromatic heterocycles. The number of carboxylic acids is 1. The smallest absolute Gasteiger partial charge is 0.306 e. The van der Waals surface area contributed by atoms with E-state index in [1.165, 1.54) is 0 Å². The van der Waals surface area contributed by atoms with Gasteiger partial charge in [-0.2, -0.15) is 0 Å². The highest BCUT2D eigenvalue weighted by atomic mass is 16.5. The number of hydrogen-bond donors (Lipinski definition) is 2. The Morgan fingerprint density at radius 2 is 1.95 bits per heavy atom. The van der Waals surface area contributed by atoms with Crippen molar-refractivity contribution >= 4 is 11.9 Å². The third kappa shape index (κ3) is 3.24. The lowest BCUT2D eigenvalue weighted by molar-refractivity contribution is -0.142. The minimum Gasteiger partial charge on any atom is -0.493 e. The lowest BCUT2D eigenvalue weighted by atomic mass is 9.86. The Hall–Kier alpha value is -2.04. The third-order valence-corrected chi connectivity index (χ3v) is 4.58. The molecule has 118 valence electrons. The predicted octanol–water partition coefficient (Wildman–Crippen LogP) is 2.38. The van der Waals surface area contributed by atoms with Crippen LogP contribution < -0.4 is 10.1 Å². The van der Waals surface area contributed by atoms with Crippen LogP contribution in [0.3, 0.4) is 0 Å². The monoisotopic (exact) mass is 303 g/mol. The van der Waals surface area contributed by atoms with E-state index in [1.54, 1.807) is 6.07 Å². The largest absolute Gasteiger partial charge is 0.493 e. The number of hydrogen-bond acceptors (Lipinski definition) is 3. The Morgan fingerprint density at radius 3 is 2.68 bits per heavy atom.